The average Bonchev–Trinajstić information content (AvgIpc) is 2.15. The minimum Gasteiger partial charge on any atom is -0.388 e. The Balaban J connectivity index is 0. The molecule has 0 saturated carbocycles. The predicted octanol–water partition coefficient (Wildman–Crippen LogP) is 3.59. The van der Waals surface area contributed by atoms with Gasteiger partial charge in [0.15, 0.2) is 0 Å². The highest BCUT2D eigenvalue weighted by Gasteiger charge is 1.79. The Kier molecular flexibility index (Phi) is 12.6. The fourth-order valence-electron chi connectivity index (χ4n) is 0.637. The summed E-state index contributed by atoms with van der Waals surface area (Å²) in [6.45, 7) is 8.19. The van der Waals surface area contributed by atoms with Crippen molar-refractivity contribution in [2.75, 3.05) is 14.2 Å². The van der Waals surface area contributed by atoms with E-state index in [1.54, 1.807) is 14.2 Å². The van der Waals surface area contributed by atoms with E-state index in [4.69, 9.17) is 0 Å². The summed E-state index contributed by atoms with van der Waals surface area (Å²) in [5, 5.41) is 0. The van der Waals surface area contributed by atoms with Gasteiger partial charge in [-0.05, 0) is 13.8 Å². The summed E-state index contributed by atoms with van der Waals surface area (Å²) in [4.78, 5) is 0. The molecule has 76 valence electrons. The molecule has 0 spiro atoms. The maximum Gasteiger partial charge on any atom is 0.0351 e. The van der Waals surface area contributed by atoms with Gasteiger partial charge >= 0.3 is 0 Å². The minimum absolute atomic E-state index is 1.33. The maximum absolute atomic E-state index is 4.25. The molecule has 1 aromatic rings. The van der Waals surface area contributed by atoms with Gasteiger partial charge in [0.25, 0.3) is 0 Å². The van der Waals surface area contributed by atoms with Crippen molar-refractivity contribution < 1.29 is 4.74 Å². The van der Waals surface area contributed by atoms with Gasteiger partial charge in [-0.1, -0.05) is 49.2 Å². The van der Waals surface area contributed by atoms with E-state index in [2.05, 4.69) is 42.8 Å². The second-order valence-electron chi connectivity index (χ2n) is 2.56. The molecule has 13 heavy (non-hydrogen) atoms. The topological polar surface area (TPSA) is 9.23 Å². The number of hydrogen-bond donors (Lipinski definition) is 0. The van der Waals surface area contributed by atoms with E-state index < -0.39 is 0 Å². The predicted molar refractivity (Wildman–Crippen MR) is 60.2 cm³/mol. The molecule has 1 aromatic carbocycles. The van der Waals surface area contributed by atoms with E-state index in [0.29, 0.717) is 0 Å². The zero-order chi connectivity index (χ0) is 10.7. The van der Waals surface area contributed by atoms with Gasteiger partial charge in [-0.25, -0.2) is 0 Å². The average molecular weight is 182 g/mol. The first-order valence-corrected chi connectivity index (χ1v) is 4.64. The van der Waals surface area contributed by atoms with Crippen LogP contribution in [0, 0.1) is 13.8 Å². The highest BCUT2D eigenvalue weighted by atomic mass is 16.4. The van der Waals surface area contributed by atoms with Gasteiger partial charge in [0.1, 0.15) is 0 Å². The van der Waals surface area contributed by atoms with Crippen molar-refractivity contribution in [3.63, 3.8) is 0 Å². The third-order valence-corrected chi connectivity index (χ3v) is 1.22. The molecule has 0 amide bonds. The Morgan fingerprint density at radius 3 is 1.08 bits per heavy atom. The van der Waals surface area contributed by atoms with Crippen LogP contribution in [0.15, 0.2) is 24.3 Å². The molecular formula is C12H22O. The second-order valence-corrected chi connectivity index (χ2v) is 2.56. The molecule has 0 unspecified atom stereocenters. The highest BCUT2D eigenvalue weighted by Crippen LogP contribution is 1.99. The van der Waals surface area contributed by atoms with Crippen molar-refractivity contribution in [3.05, 3.63) is 35.4 Å². The summed E-state index contributed by atoms with van der Waals surface area (Å²) in [7, 11) is 3.25. The molecule has 1 heteroatoms. The molecule has 0 saturated heterocycles. The lowest BCUT2D eigenvalue weighted by molar-refractivity contribution is 0.277. The molecule has 1 nitrogen and oxygen atoms in total. The Bertz CT molecular complexity index is 156. The van der Waals surface area contributed by atoms with Crippen LogP contribution in [0.1, 0.15) is 25.0 Å². The third-order valence-electron chi connectivity index (χ3n) is 1.22. The zero-order valence-corrected chi connectivity index (χ0v) is 9.72. The van der Waals surface area contributed by atoms with Crippen LogP contribution < -0.4 is 0 Å². The van der Waals surface area contributed by atoms with Gasteiger partial charge in [-0.15, -0.1) is 0 Å². The summed E-state index contributed by atoms with van der Waals surface area (Å²) in [6.07, 6.45) is 0. The van der Waals surface area contributed by atoms with Crippen molar-refractivity contribution in [3.8, 4) is 0 Å². The van der Waals surface area contributed by atoms with Crippen LogP contribution in [0.5, 0.6) is 0 Å². The van der Waals surface area contributed by atoms with Crippen molar-refractivity contribution in [2.24, 2.45) is 0 Å². The molecule has 0 aliphatic rings. The van der Waals surface area contributed by atoms with Crippen LogP contribution in [0.2, 0.25) is 0 Å². The van der Waals surface area contributed by atoms with Crippen LogP contribution in [0.25, 0.3) is 0 Å². The van der Waals surface area contributed by atoms with Crippen molar-refractivity contribution in [1.29, 1.82) is 0 Å². The van der Waals surface area contributed by atoms with Crippen LogP contribution in [-0.2, 0) is 4.74 Å². The largest absolute Gasteiger partial charge is 0.388 e. The first kappa shape index (κ1) is 14.7. The van der Waals surface area contributed by atoms with Crippen molar-refractivity contribution in [1.82, 2.24) is 0 Å². The Labute approximate surface area is 82.7 Å². The van der Waals surface area contributed by atoms with Crippen LogP contribution >= 0.6 is 0 Å². The third kappa shape index (κ3) is 11.2. The monoisotopic (exact) mass is 182 g/mol. The quantitative estimate of drug-likeness (QED) is 0.595. The van der Waals surface area contributed by atoms with Gasteiger partial charge < -0.3 is 4.74 Å². The fraction of sp³-hybridized carbons (Fsp3) is 0.500. The molecule has 0 aliphatic carbocycles. The number of hydrogen-bond acceptors (Lipinski definition) is 1. The molecule has 0 N–H and O–H groups in total. The molecule has 0 radical (unpaired) electrons. The molecule has 0 bridgehead atoms. The van der Waals surface area contributed by atoms with E-state index in [1.165, 1.54) is 11.1 Å². The lowest BCUT2D eigenvalue weighted by Gasteiger charge is -1.90. The van der Waals surface area contributed by atoms with Gasteiger partial charge in [-0.2, -0.15) is 0 Å². The molecule has 0 fully saturated rings. The maximum atomic E-state index is 4.25. The summed E-state index contributed by atoms with van der Waals surface area (Å²) < 4.78 is 4.25. The van der Waals surface area contributed by atoms with Crippen LogP contribution in [0.4, 0.5) is 0 Å². The molecule has 0 aliphatic heterocycles. The molecule has 0 aromatic heterocycles. The summed E-state index contributed by atoms with van der Waals surface area (Å²) >= 11 is 0. The highest BCUT2D eigenvalue weighted by molar-refractivity contribution is 5.19. The van der Waals surface area contributed by atoms with E-state index in [9.17, 15) is 0 Å². The van der Waals surface area contributed by atoms with Crippen LogP contribution in [-0.4, -0.2) is 14.2 Å². The fourth-order valence-corrected chi connectivity index (χ4v) is 0.637. The number of aryl methyl sites for hydroxylation is 2. The Morgan fingerprint density at radius 1 is 0.769 bits per heavy atom. The smallest absolute Gasteiger partial charge is 0.0351 e. The Morgan fingerprint density at radius 2 is 0.923 bits per heavy atom. The van der Waals surface area contributed by atoms with E-state index in [1.807, 2.05) is 13.8 Å². The number of methoxy groups -OCH3 is 1. The van der Waals surface area contributed by atoms with E-state index in [-0.39, 0.29) is 0 Å². The number of rotatable bonds is 0. The van der Waals surface area contributed by atoms with Gasteiger partial charge in [0.05, 0.1) is 0 Å². The first-order chi connectivity index (χ1) is 6.20. The molecule has 1 rings (SSSR count). The van der Waals surface area contributed by atoms with Gasteiger partial charge in [0, 0.05) is 14.2 Å². The molecule has 0 atom stereocenters. The van der Waals surface area contributed by atoms with Gasteiger partial charge in [-0.3, -0.25) is 0 Å². The first-order valence-electron chi connectivity index (χ1n) is 4.64. The van der Waals surface area contributed by atoms with Gasteiger partial charge in [0.2, 0.25) is 0 Å². The van der Waals surface area contributed by atoms with Crippen molar-refractivity contribution in [2.45, 2.75) is 27.7 Å². The molecule has 0 heterocycles. The van der Waals surface area contributed by atoms with Crippen molar-refractivity contribution >= 4 is 0 Å². The second kappa shape index (κ2) is 11.2. The van der Waals surface area contributed by atoms with Crippen LogP contribution in [0.3, 0.4) is 0 Å². The lowest BCUT2D eigenvalue weighted by Crippen LogP contribution is -1.70. The lowest BCUT2D eigenvalue weighted by atomic mass is 10.2. The Hall–Kier alpha value is -0.820. The number of ether oxygens (including phenoxy) is 1. The number of benzene rings is 1. The standard InChI is InChI=1S/C8H10.C2H6O.C2H6/c1-7-3-5-8(2)6-4-7;1-3-2;1-2/h3-6H,1-2H3;1-2H3;1-2H3. The normalized spacial score (nSPS) is 7.54. The minimum atomic E-state index is 1.33. The zero-order valence-electron chi connectivity index (χ0n) is 9.72. The molecular weight excluding hydrogens is 160 g/mol. The van der Waals surface area contributed by atoms with E-state index >= 15 is 0 Å². The summed E-state index contributed by atoms with van der Waals surface area (Å²) in [6, 6.07) is 8.48. The SMILES string of the molecule is CC.COC.Cc1ccc(C)cc1. The van der Waals surface area contributed by atoms with E-state index in [0.717, 1.165) is 0 Å². The summed E-state index contributed by atoms with van der Waals surface area (Å²) in [5.41, 5.74) is 2.66. The summed E-state index contributed by atoms with van der Waals surface area (Å²) in [5.74, 6) is 0.